The first kappa shape index (κ1) is 17.8. The van der Waals surface area contributed by atoms with E-state index in [2.05, 4.69) is 99.5 Å². The van der Waals surface area contributed by atoms with Crippen molar-refractivity contribution in [3.63, 3.8) is 0 Å². The first-order chi connectivity index (χ1) is 12.0. The monoisotopic (exact) mass is 350 g/mol. The zero-order valence-corrected chi connectivity index (χ0v) is 16.3. The molecule has 0 unspecified atom stereocenters. The van der Waals surface area contributed by atoms with E-state index in [0.717, 1.165) is 10.8 Å². The van der Waals surface area contributed by atoms with E-state index in [1.807, 2.05) is 11.8 Å². The molecular formula is C22H26N2S. The third kappa shape index (κ3) is 4.16. The van der Waals surface area contributed by atoms with Gasteiger partial charge in [0.1, 0.15) is 10.7 Å². The Hall–Kier alpha value is -2.00. The van der Waals surface area contributed by atoms with Crippen LogP contribution in [0.1, 0.15) is 38.8 Å². The van der Waals surface area contributed by atoms with Crippen LogP contribution in [0, 0.1) is 0 Å². The van der Waals surface area contributed by atoms with E-state index in [4.69, 9.17) is 4.99 Å². The summed E-state index contributed by atoms with van der Waals surface area (Å²) in [6.45, 7) is 8.82. The van der Waals surface area contributed by atoms with Gasteiger partial charge in [-0.2, -0.15) is 0 Å². The summed E-state index contributed by atoms with van der Waals surface area (Å²) in [6, 6.07) is 21.6. The van der Waals surface area contributed by atoms with Crippen LogP contribution in [0.2, 0.25) is 0 Å². The van der Waals surface area contributed by atoms with Gasteiger partial charge >= 0.3 is 0 Å². The summed E-state index contributed by atoms with van der Waals surface area (Å²) >= 11 is 1.82. The van der Waals surface area contributed by atoms with E-state index in [0.29, 0.717) is 6.04 Å². The second kappa shape index (κ2) is 7.49. The van der Waals surface area contributed by atoms with Gasteiger partial charge in [-0.1, -0.05) is 60.7 Å². The van der Waals surface area contributed by atoms with Gasteiger partial charge in [-0.05, 0) is 38.8 Å². The third-order valence-corrected chi connectivity index (χ3v) is 5.43. The van der Waals surface area contributed by atoms with E-state index >= 15 is 0 Å². The number of rotatable bonds is 4. The maximum Gasteiger partial charge on any atom is 0.127 e. The Kier molecular flexibility index (Phi) is 5.33. The Morgan fingerprint density at radius 3 is 2.16 bits per heavy atom. The molecule has 0 saturated heterocycles. The van der Waals surface area contributed by atoms with Crippen LogP contribution in [0.5, 0.6) is 0 Å². The smallest absolute Gasteiger partial charge is 0.127 e. The predicted octanol–water partition coefficient (Wildman–Crippen LogP) is 5.82. The fraction of sp³-hybridized carbons (Fsp3) is 0.318. The lowest BCUT2D eigenvalue weighted by atomic mass is 10.0. The van der Waals surface area contributed by atoms with Crippen molar-refractivity contribution < 1.29 is 0 Å². The number of hydrogen-bond donors (Lipinski definition) is 0. The van der Waals surface area contributed by atoms with E-state index in [1.54, 1.807) is 0 Å². The number of nitrogens with zero attached hydrogens (tertiary/aromatic N) is 2. The lowest BCUT2D eigenvalue weighted by Crippen LogP contribution is -2.45. The Morgan fingerprint density at radius 2 is 1.56 bits per heavy atom. The van der Waals surface area contributed by atoms with Crippen LogP contribution in [-0.2, 0) is 5.75 Å². The highest BCUT2D eigenvalue weighted by atomic mass is 32.2. The maximum absolute atomic E-state index is 5.13. The molecule has 25 heavy (non-hydrogen) atoms. The molecule has 0 atom stereocenters. The van der Waals surface area contributed by atoms with Crippen molar-refractivity contribution in [2.45, 2.75) is 45.2 Å². The van der Waals surface area contributed by atoms with Crippen LogP contribution in [0.25, 0.3) is 5.57 Å². The zero-order valence-electron chi connectivity index (χ0n) is 15.4. The Balaban J connectivity index is 1.93. The largest absolute Gasteiger partial charge is 0.351 e. The second-order valence-electron chi connectivity index (χ2n) is 7.10. The molecular weight excluding hydrogens is 324 g/mol. The Morgan fingerprint density at radius 1 is 0.960 bits per heavy atom. The summed E-state index contributed by atoms with van der Waals surface area (Å²) in [6.07, 6.45) is 2.29. The average molecular weight is 351 g/mol. The van der Waals surface area contributed by atoms with Gasteiger partial charge in [0, 0.05) is 23.6 Å². The van der Waals surface area contributed by atoms with Gasteiger partial charge in [-0.25, -0.2) is 0 Å². The predicted molar refractivity (Wildman–Crippen MR) is 111 cm³/mol. The first-order valence-corrected chi connectivity index (χ1v) is 9.78. The van der Waals surface area contributed by atoms with E-state index in [1.165, 1.54) is 16.7 Å². The lowest BCUT2D eigenvalue weighted by molar-refractivity contribution is 0.154. The van der Waals surface area contributed by atoms with Crippen molar-refractivity contribution in [3.05, 3.63) is 78.0 Å². The van der Waals surface area contributed by atoms with Gasteiger partial charge in [0.15, 0.2) is 0 Å². The number of aliphatic imine (C=N–C) groups is 1. The summed E-state index contributed by atoms with van der Waals surface area (Å²) in [4.78, 5) is 7.48. The minimum Gasteiger partial charge on any atom is -0.351 e. The van der Waals surface area contributed by atoms with Crippen molar-refractivity contribution in [2.24, 2.45) is 4.99 Å². The summed E-state index contributed by atoms with van der Waals surface area (Å²) < 4.78 is 0. The molecule has 2 aromatic rings. The van der Waals surface area contributed by atoms with Gasteiger partial charge < -0.3 is 4.90 Å². The molecule has 3 rings (SSSR count). The van der Waals surface area contributed by atoms with Gasteiger partial charge in [0.05, 0.1) is 0 Å². The standard InChI is InChI=1S/C22H26N2S/c1-17(2)24-15-20(19-13-9-6-10-14-19)21(23-22(24,3)4)25-16-18-11-7-5-8-12-18/h5-15,17H,16H2,1-4H3. The average Bonchev–Trinajstić information content (AvgIpc) is 2.60. The Bertz CT molecular complexity index is 761. The van der Waals surface area contributed by atoms with Crippen molar-refractivity contribution in [2.75, 3.05) is 0 Å². The normalized spacial score (nSPS) is 16.6. The molecule has 2 nitrogen and oxygen atoms in total. The van der Waals surface area contributed by atoms with Crippen LogP contribution in [0.3, 0.4) is 0 Å². The van der Waals surface area contributed by atoms with Crippen molar-refractivity contribution in [3.8, 4) is 0 Å². The maximum atomic E-state index is 5.13. The number of thioether (sulfide) groups is 1. The molecule has 0 N–H and O–H groups in total. The fourth-order valence-electron chi connectivity index (χ4n) is 3.15. The molecule has 0 aromatic heterocycles. The first-order valence-electron chi connectivity index (χ1n) is 8.80. The van der Waals surface area contributed by atoms with Crippen molar-refractivity contribution in [1.29, 1.82) is 0 Å². The minimum absolute atomic E-state index is 0.231. The minimum atomic E-state index is -0.231. The highest BCUT2D eigenvalue weighted by Crippen LogP contribution is 2.35. The summed E-state index contributed by atoms with van der Waals surface area (Å²) in [5.74, 6) is 0.932. The third-order valence-electron chi connectivity index (χ3n) is 4.37. The molecule has 0 bridgehead atoms. The highest BCUT2D eigenvalue weighted by Gasteiger charge is 2.32. The molecule has 0 aliphatic carbocycles. The molecule has 0 amide bonds. The molecule has 1 aliphatic heterocycles. The summed E-state index contributed by atoms with van der Waals surface area (Å²) in [5.41, 5.74) is 3.54. The van der Waals surface area contributed by atoms with E-state index < -0.39 is 0 Å². The van der Waals surface area contributed by atoms with Crippen LogP contribution in [-0.4, -0.2) is 21.6 Å². The molecule has 130 valence electrons. The number of hydrogen-bond acceptors (Lipinski definition) is 3. The van der Waals surface area contributed by atoms with Gasteiger partial charge in [0.25, 0.3) is 0 Å². The molecule has 3 heteroatoms. The molecule has 0 saturated carbocycles. The SMILES string of the molecule is CC(C)N1C=C(c2ccccc2)C(SCc2ccccc2)=NC1(C)C. The van der Waals surface area contributed by atoms with Gasteiger partial charge in [-0.3, -0.25) is 4.99 Å². The molecule has 0 radical (unpaired) electrons. The zero-order chi connectivity index (χ0) is 17.9. The fourth-order valence-corrected chi connectivity index (χ4v) is 4.26. The summed E-state index contributed by atoms with van der Waals surface area (Å²) in [5, 5.41) is 1.12. The van der Waals surface area contributed by atoms with Crippen LogP contribution in [0.4, 0.5) is 0 Å². The van der Waals surface area contributed by atoms with Crippen LogP contribution < -0.4 is 0 Å². The quantitative estimate of drug-likeness (QED) is 0.690. The Labute approximate surface area is 155 Å². The van der Waals surface area contributed by atoms with E-state index in [9.17, 15) is 0 Å². The van der Waals surface area contributed by atoms with Crippen LogP contribution in [0.15, 0.2) is 71.9 Å². The van der Waals surface area contributed by atoms with Crippen molar-refractivity contribution >= 4 is 22.4 Å². The molecule has 0 spiro atoms. The highest BCUT2D eigenvalue weighted by molar-refractivity contribution is 8.14. The van der Waals surface area contributed by atoms with Gasteiger partial charge in [-0.15, -0.1) is 11.8 Å². The topological polar surface area (TPSA) is 15.6 Å². The van der Waals surface area contributed by atoms with E-state index in [-0.39, 0.29) is 5.66 Å². The molecule has 1 aliphatic rings. The van der Waals surface area contributed by atoms with Gasteiger partial charge in [0.2, 0.25) is 0 Å². The molecule has 2 aromatic carbocycles. The van der Waals surface area contributed by atoms with Crippen molar-refractivity contribution in [1.82, 2.24) is 4.90 Å². The summed E-state index contributed by atoms with van der Waals surface area (Å²) in [7, 11) is 0. The second-order valence-corrected chi connectivity index (χ2v) is 8.06. The molecule has 0 fully saturated rings. The van der Waals surface area contributed by atoms with Crippen LogP contribution >= 0.6 is 11.8 Å². The number of benzene rings is 2. The lowest BCUT2D eigenvalue weighted by Gasteiger charge is -2.42. The molecule has 1 heterocycles.